The van der Waals surface area contributed by atoms with Gasteiger partial charge in [0.15, 0.2) is 0 Å². The molecule has 2 heteroatoms. The molecule has 0 atom stereocenters. The molecule has 0 saturated carbocycles. The van der Waals surface area contributed by atoms with Crippen molar-refractivity contribution in [2.75, 3.05) is 7.11 Å². The quantitative estimate of drug-likeness (QED) is 0.499. The average molecular weight is 210 g/mol. The zero-order valence-electron chi connectivity index (χ0n) is 6.13. The van der Waals surface area contributed by atoms with Crippen molar-refractivity contribution in [2.24, 2.45) is 0 Å². The summed E-state index contributed by atoms with van der Waals surface area (Å²) >= 11 is 2.63. The average Bonchev–Trinajstić information content (AvgIpc) is 2.07. The second-order valence-electron chi connectivity index (χ2n) is 1.96. The molecule has 11 heavy (non-hydrogen) atoms. The molecule has 0 aromatic heterocycles. The van der Waals surface area contributed by atoms with E-state index in [4.69, 9.17) is 4.74 Å². The van der Waals surface area contributed by atoms with Crippen molar-refractivity contribution >= 4 is 16.0 Å². The Morgan fingerprint density at radius 3 is 2.36 bits per heavy atom. The van der Waals surface area contributed by atoms with E-state index < -0.39 is 0 Å². The van der Waals surface area contributed by atoms with Gasteiger partial charge in [0, 0.05) is 0 Å². The molecule has 0 aliphatic heterocycles. The standard InChI is InChI=1S/C9H8OSe/c1-10-9-4-2-8(3-5-9)6-7-11/h2-5,11H,1H3/p-1. The van der Waals surface area contributed by atoms with Crippen molar-refractivity contribution in [3.63, 3.8) is 0 Å². The summed E-state index contributed by atoms with van der Waals surface area (Å²) < 4.78 is 4.99. The van der Waals surface area contributed by atoms with Crippen LogP contribution in [0.4, 0.5) is 0 Å². The van der Waals surface area contributed by atoms with Crippen molar-refractivity contribution in [3.05, 3.63) is 29.8 Å². The first kappa shape index (κ1) is 8.20. The number of methoxy groups -OCH3 is 1. The van der Waals surface area contributed by atoms with Crippen LogP contribution in [-0.4, -0.2) is 23.1 Å². The molecule has 0 heterocycles. The van der Waals surface area contributed by atoms with Gasteiger partial charge in [-0.3, -0.25) is 0 Å². The minimum atomic E-state index is 0.857. The predicted octanol–water partition coefficient (Wildman–Crippen LogP) is 1.17. The second kappa shape index (κ2) is 4.08. The molecule has 1 nitrogen and oxygen atoms in total. The van der Waals surface area contributed by atoms with Crippen LogP contribution < -0.4 is 4.74 Å². The van der Waals surface area contributed by atoms with Crippen LogP contribution in [0.5, 0.6) is 5.75 Å². The summed E-state index contributed by atoms with van der Waals surface area (Å²) in [6.45, 7) is 0. The number of benzene rings is 1. The number of hydrogen-bond acceptors (Lipinski definition) is 1. The van der Waals surface area contributed by atoms with Gasteiger partial charge in [0.25, 0.3) is 0 Å². The molecular formula is C9H7OSe-. The maximum atomic E-state index is 4.99. The molecule has 0 aliphatic carbocycles. The van der Waals surface area contributed by atoms with Crippen LogP contribution in [0.25, 0.3) is 0 Å². The first-order valence-electron chi connectivity index (χ1n) is 3.14. The summed E-state index contributed by atoms with van der Waals surface area (Å²) in [5.41, 5.74) is 0.990. The van der Waals surface area contributed by atoms with Crippen LogP contribution >= 0.6 is 0 Å². The summed E-state index contributed by atoms with van der Waals surface area (Å²) in [6.07, 6.45) is 0. The Labute approximate surface area is 74.6 Å². The molecule has 1 rings (SSSR count). The number of rotatable bonds is 1. The Morgan fingerprint density at radius 2 is 1.91 bits per heavy atom. The third kappa shape index (κ3) is 2.31. The van der Waals surface area contributed by atoms with Gasteiger partial charge >= 0.3 is 74.2 Å². The van der Waals surface area contributed by atoms with Crippen molar-refractivity contribution < 1.29 is 4.74 Å². The fourth-order valence-corrected chi connectivity index (χ4v) is 0.981. The van der Waals surface area contributed by atoms with Crippen LogP contribution in [0.3, 0.4) is 0 Å². The molecule has 0 radical (unpaired) electrons. The van der Waals surface area contributed by atoms with E-state index in [0.29, 0.717) is 0 Å². The summed E-state index contributed by atoms with van der Waals surface area (Å²) in [6, 6.07) is 7.62. The molecule has 0 fully saturated rings. The Kier molecular flexibility index (Phi) is 3.04. The summed E-state index contributed by atoms with van der Waals surface area (Å²) in [4.78, 5) is 2.71. The van der Waals surface area contributed by atoms with Crippen LogP contribution in [0.1, 0.15) is 5.56 Å². The molecule has 0 bridgehead atoms. The molecular weight excluding hydrogens is 203 g/mol. The van der Waals surface area contributed by atoms with E-state index in [9.17, 15) is 0 Å². The van der Waals surface area contributed by atoms with Gasteiger partial charge < -0.3 is 0 Å². The van der Waals surface area contributed by atoms with Crippen LogP contribution in [0.2, 0.25) is 0 Å². The van der Waals surface area contributed by atoms with Gasteiger partial charge in [-0.05, 0) is 0 Å². The van der Waals surface area contributed by atoms with E-state index in [1.54, 1.807) is 7.11 Å². The zero-order valence-corrected chi connectivity index (χ0v) is 7.84. The van der Waals surface area contributed by atoms with Crippen LogP contribution in [-0.2, 0) is 0 Å². The van der Waals surface area contributed by atoms with E-state index in [1.807, 2.05) is 24.3 Å². The van der Waals surface area contributed by atoms with E-state index in [1.165, 1.54) is 0 Å². The molecule has 1 aromatic rings. The van der Waals surface area contributed by atoms with Crippen molar-refractivity contribution in [1.82, 2.24) is 0 Å². The number of ether oxygens (including phenoxy) is 1. The van der Waals surface area contributed by atoms with Gasteiger partial charge in [-0.25, -0.2) is 0 Å². The summed E-state index contributed by atoms with van der Waals surface area (Å²) in [7, 11) is 1.65. The summed E-state index contributed by atoms with van der Waals surface area (Å²) in [5, 5.41) is 0. The van der Waals surface area contributed by atoms with E-state index >= 15 is 0 Å². The normalized spacial score (nSPS) is 8.09. The molecule has 0 aliphatic rings. The second-order valence-corrected chi connectivity index (χ2v) is 2.38. The molecule has 0 N–H and O–H groups in total. The van der Waals surface area contributed by atoms with Gasteiger partial charge in [-0.15, -0.1) is 0 Å². The Morgan fingerprint density at radius 1 is 1.27 bits per heavy atom. The van der Waals surface area contributed by atoms with E-state index in [0.717, 1.165) is 11.3 Å². The summed E-state index contributed by atoms with van der Waals surface area (Å²) in [5.74, 6) is 3.75. The monoisotopic (exact) mass is 211 g/mol. The van der Waals surface area contributed by atoms with Gasteiger partial charge in [0.1, 0.15) is 0 Å². The molecule has 1 aromatic carbocycles. The molecule has 0 spiro atoms. The van der Waals surface area contributed by atoms with Gasteiger partial charge in [0.05, 0.1) is 0 Å². The van der Waals surface area contributed by atoms with Gasteiger partial charge in [-0.1, -0.05) is 0 Å². The van der Waals surface area contributed by atoms with Crippen molar-refractivity contribution in [2.45, 2.75) is 0 Å². The Hall–Kier alpha value is -0.901. The predicted molar refractivity (Wildman–Crippen MR) is 45.6 cm³/mol. The molecule has 56 valence electrons. The zero-order chi connectivity index (χ0) is 8.10. The van der Waals surface area contributed by atoms with Crippen LogP contribution in [0, 0.1) is 10.7 Å². The first-order chi connectivity index (χ1) is 5.36. The third-order valence-electron chi connectivity index (χ3n) is 1.29. The molecule has 0 saturated heterocycles. The third-order valence-corrected chi connectivity index (χ3v) is 1.50. The maximum absolute atomic E-state index is 4.99. The number of hydrogen-bond donors (Lipinski definition) is 0. The Bertz CT molecular complexity index is 279. The molecule has 0 unspecified atom stereocenters. The van der Waals surface area contributed by atoms with E-state index in [2.05, 4.69) is 26.8 Å². The Balaban J connectivity index is 2.88. The van der Waals surface area contributed by atoms with E-state index in [-0.39, 0.29) is 0 Å². The first-order valence-corrected chi connectivity index (χ1v) is 3.99. The topological polar surface area (TPSA) is 9.23 Å². The van der Waals surface area contributed by atoms with Crippen molar-refractivity contribution in [1.29, 1.82) is 0 Å². The fourth-order valence-electron chi connectivity index (χ4n) is 0.733. The minimum absolute atomic E-state index is 0.857. The SMILES string of the molecule is COc1ccc(C#C[Se-])cc1. The van der Waals surface area contributed by atoms with Crippen LogP contribution in [0.15, 0.2) is 24.3 Å². The van der Waals surface area contributed by atoms with Gasteiger partial charge in [0.2, 0.25) is 0 Å². The van der Waals surface area contributed by atoms with Gasteiger partial charge in [-0.2, -0.15) is 0 Å². The van der Waals surface area contributed by atoms with Crippen molar-refractivity contribution in [3.8, 4) is 16.5 Å². The molecule has 0 amide bonds. The fraction of sp³-hybridized carbons (Fsp3) is 0.111.